The Bertz CT molecular complexity index is 1130. The average molecular weight is 385 g/mol. The molecule has 4 aromatic rings. The van der Waals surface area contributed by atoms with Crippen LogP contribution in [0.25, 0.3) is 11.1 Å². The molecule has 0 fully saturated rings. The third kappa shape index (κ3) is 4.11. The molecule has 1 N–H and O–H groups in total. The molecule has 28 heavy (non-hydrogen) atoms. The van der Waals surface area contributed by atoms with Crippen LogP contribution in [0.5, 0.6) is 0 Å². The Morgan fingerprint density at radius 2 is 1.71 bits per heavy atom. The summed E-state index contributed by atoms with van der Waals surface area (Å²) in [5.74, 6) is 0.847. The van der Waals surface area contributed by atoms with Gasteiger partial charge >= 0.3 is 0 Å². The van der Waals surface area contributed by atoms with Gasteiger partial charge in [0.25, 0.3) is 0 Å². The molecule has 0 radical (unpaired) electrons. The highest BCUT2D eigenvalue weighted by molar-refractivity contribution is 6.32. The number of aromatic amines is 1. The quantitative estimate of drug-likeness (QED) is 0.482. The number of hydrogen-bond acceptors (Lipinski definition) is 3. The first-order chi connectivity index (χ1) is 13.7. The van der Waals surface area contributed by atoms with Gasteiger partial charge in [-0.25, -0.2) is 9.97 Å². The van der Waals surface area contributed by atoms with Crippen LogP contribution in [-0.4, -0.2) is 15.0 Å². The highest BCUT2D eigenvalue weighted by atomic mass is 35.5. The molecule has 0 aliphatic carbocycles. The van der Waals surface area contributed by atoms with Crippen LogP contribution in [0.2, 0.25) is 5.15 Å². The number of pyridine rings is 1. The summed E-state index contributed by atoms with van der Waals surface area (Å²) < 4.78 is 0. The molecule has 0 atom stereocenters. The Morgan fingerprint density at radius 1 is 0.929 bits per heavy atom. The highest BCUT2D eigenvalue weighted by Gasteiger charge is 2.09. The van der Waals surface area contributed by atoms with Gasteiger partial charge in [0.05, 0.1) is 11.6 Å². The van der Waals surface area contributed by atoms with Crippen molar-refractivity contribution < 1.29 is 0 Å². The van der Waals surface area contributed by atoms with Gasteiger partial charge in [-0.3, -0.25) is 0 Å². The van der Waals surface area contributed by atoms with E-state index in [9.17, 15) is 0 Å². The van der Waals surface area contributed by atoms with E-state index in [0.29, 0.717) is 17.1 Å². The summed E-state index contributed by atoms with van der Waals surface area (Å²) in [6.07, 6.45) is 3.16. The van der Waals surface area contributed by atoms with Gasteiger partial charge in [-0.2, -0.15) is 5.26 Å². The maximum absolute atomic E-state index is 8.88. The monoisotopic (exact) mass is 384 g/mol. The van der Waals surface area contributed by atoms with Crippen molar-refractivity contribution in [1.29, 1.82) is 5.26 Å². The molecule has 2 aromatic carbocycles. The molecule has 4 nitrogen and oxygen atoms in total. The van der Waals surface area contributed by atoms with Crippen molar-refractivity contribution in [2.75, 3.05) is 0 Å². The Morgan fingerprint density at radius 3 is 2.43 bits per heavy atom. The van der Waals surface area contributed by atoms with Crippen LogP contribution < -0.4 is 0 Å². The zero-order valence-corrected chi connectivity index (χ0v) is 15.8. The molecule has 0 bridgehead atoms. The number of benzene rings is 2. The minimum atomic E-state index is 0.494. The van der Waals surface area contributed by atoms with Crippen LogP contribution in [0.3, 0.4) is 0 Å². The first-order valence-electron chi connectivity index (χ1n) is 8.94. The summed E-state index contributed by atoms with van der Waals surface area (Å²) in [5.41, 5.74) is 5.65. The smallest absolute Gasteiger partial charge is 0.137 e. The lowest BCUT2D eigenvalue weighted by molar-refractivity contribution is 0.963. The van der Waals surface area contributed by atoms with E-state index in [0.717, 1.165) is 40.3 Å². The number of nitriles is 1. The van der Waals surface area contributed by atoms with Gasteiger partial charge in [0, 0.05) is 36.0 Å². The van der Waals surface area contributed by atoms with Gasteiger partial charge in [0.2, 0.25) is 0 Å². The second-order valence-electron chi connectivity index (χ2n) is 6.52. The molecule has 2 heterocycles. The molecule has 0 amide bonds. The lowest BCUT2D eigenvalue weighted by Gasteiger charge is -2.06. The van der Waals surface area contributed by atoms with E-state index < -0.39 is 0 Å². The van der Waals surface area contributed by atoms with E-state index >= 15 is 0 Å². The topological polar surface area (TPSA) is 65.4 Å². The number of aromatic nitrogens is 3. The van der Waals surface area contributed by atoms with E-state index in [-0.39, 0.29) is 0 Å². The van der Waals surface area contributed by atoms with E-state index in [1.54, 1.807) is 0 Å². The fourth-order valence-electron chi connectivity index (χ4n) is 3.08. The Labute approximate surface area is 168 Å². The van der Waals surface area contributed by atoms with Gasteiger partial charge in [-0.1, -0.05) is 54.1 Å². The van der Waals surface area contributed by atoms with Gasteiger partial charge in [-0.15, -0.1) is 0 Å². The van der Waals surface area contributed by atoms with Crippen LogP contribution in [-0.2, 0) is 12.8 Å². The predicted molar refractivity (Wildman–Crippen MR) is 110 cm³/mol. The van der Waals surface area contributed by atoms with Crippen molar-refractivity contribution >= 4 is 11.6 Å². The van der Waals surface area contributed by atoms with Crippen LogP contribution in [0.15, 0.2) is 72.9 Å². The third-order valence-corrected chi connectivity index (χ3v) is 4.79. The van der Waals surface area contributed by atoms with Gasteiger partial charge < -0.3 is 4.98 Å². The first kappa shape index (κ1) is 18.0. The maximum atomic E-state index is 8.88. The summed E-state index contributed by atoms with van der Waals surface area (Å²) >= 11 is 6.40. The standard InChI is InChI=1S/C23H17ClN4/c24-23-21(18-4-2-1-3-5-18)11-10-19(28-23)13-22-26-15-20(27-22)12-16-6-8-17(14-25)9-7-16/h1-11,15H,12-13H2,(H,26,27). The summed E-state index contributed by atoms with van der Waals surface area (Å²) in [6.45, 7) is 0. The lowest BCUT2D eigenvalue weighted by Crippen LogP contribution is -1.96. The summed E-state index contributed by atoms with van der Waals surface area (Å²) in [4.78, 5) is 12.3. The Kier molecular flexibility index (Phi) is 5.18. The fourth-order valence-corrected chi connectivity index (χ4v) is 3.36. The van der Waals surface area contributed by atoms with Gasteiger partial charge in [0.15, 0.2) is 0 Å². The molecular formula is C23H17ClN4. The first-order valence-corrected chi connectivity index (χ1v) is 9.32. The molecule has 4 rings (SSSR count). The van der Waals surface area contributed by atoms with E-state index in [4.69, 9.17) is 16.9 Å². The number of imidazole rings is 1. The lowest BCUT2D eigenvalue weighted by atomic mass is 10.1. The summed E-state index contributed by atoms with van der Waals surface area (Å²) in [7, 11) is 0. The number of rotatable bonds is 5. The minimum Gasteiger partial charge on any atom is -0.345 e. The minimum absolute atomic E-state index is 0.494. The molecule has 0 spiro atoms. The maximum Gasteiger partial charge on any atom is 0.137 e. The van der Waals surface area contributed by atoms with Crippen molar-refractivity contribution in [2.45, 2.75) is 12.8 Å². The molecule has 0 saturated heterocycles. The van der Waals surface area contributed by atoms with Crippen LogP contribution >= 0.6 is 11.6 Å². The zero-order chi connectivity index (χ0) is 19.3. The second kappa shape index (κ2) is 8.08. The molecule has 2 aromatic heterocycles. The van der Waals surface area contributed by atoms with Crippen LogP contribution in [0, 0.1) is 11.3 Å². The molecule has 0 unspecified atom stereocenters. The van der Waals surface area contributed by atoms with E-state index in [1.165, 1.54) is 0 Å². The van der Waals surface area contributed by atoms with Gasteiger partial charge in [0.1, 0.15) is 11.0 Å². The number of nitrogens with zero attached hydrogens (tertiary/aromatic N) is 3. The molecule has 0 aliphatic rings. The SMILES string of the molecule is N#Cc1ccc(Cc2cnc(Cc3ccc(-c4ccccc4)c(Cl)n3)[nH]2)cc1. The van der Waals surface area contributed by atoms with Crippen molar-refractivity contribution in [3.8, 4) is 17.2 Å². The van der Waals surface area contributed by atoms with Crippen molar-refractivity contribution in [3.05, 3.63) is 106 Å². The predicted octanol–water partition coefficient (Wildman–Crippen LogP) is 5.18. The number of H-pyrrole nitrogens is 1. The third-order valence-electron chi connectivity index (χ3n) is 4.50. The largest absolute Gasteiger partial charge is 0.345 e. The average Bonchev–Trinajstić information content (AvgIpc) is 3.16. The van der Waals surface area contributed by atoms with E-state index in [1.807, 2.05) is 72.9 Å². The normalized spacial score (nSPS) is 10.6. The zero-order valence-electron chi connectivity index (χ0n) is 15.1. The number of halogens is 1. The van der Waals surface area contributed by atoms with Crippen LogP contribution in [0.1, 0.15) is 28.3 Å². The van der Waals surface area contributed by atoms with Gasteiger partial charge in [-0.05, 0) is 35.4 Å². The van der Waals surface area contributed by atoms with Crippen molar-refractivity contribution in [2.24, 2.45) is 0 Å². The van der Waals surface area contributed by atoms with Crippen molar-refractivity contribution in [3.63, 3.8) is 0 Å². The molecule has 5 heteroatoms. The Hall–Kier alpha value is -3.42. The number of hydrogen-bond donors (Lipinski definition) is 1. The molecular weight excluding hydrogens is 368 g/mol. The highest BCUT2D eigenvalue weighted by Crippen LogP contribution is 2.26. The summed E-state index contributed by atoms with van der Waals surface area (Å²) in [5, 5.41) is 9.38. The van der Waals surface area contributed by atoms with Crippen molar-refractivity contribution in [1.82, 2.24) is 15.0 Å². The molecule has 0 aliphatic heterocycles. The number of nitrogens with one attached hydrogen (secondary N) is 1. The second-order valence-corrected chi connectivity index (χ2v) is 6.88. The fraction of sp³-hybridized carbons (Fsp3) is 0.0870. The molecule has 136 valence electrons. The van der Waals surface area contributed by atoms with E-state index in [2.05, 4.69) is 21.0 Å². The molecule has 0 saturated carbocycles. The Balaban J connectivity index is 1.46. The van der Waals surface area contributed by atoms with Crippen LogP contribution in [0.4, 0.5) is 0 Å². The summed E-state index contributed by atoms with van der Waals surface area (Å²) in [6, 6.07) is 23.7.